The lowest BCUT2D eigenvalue weighted by atomic mass is 10.0. The van der Waals surface area contributed by atoms with Gasteiger partial charge in [-0.25, -0.2) is 0 Å². The lowest BCUT2D eigenvalue weighted by Crippen LogP contribution is -2.20. The van der Waals surface area contributed by atoms with Crippen LogP contribution in [0.4, 0.5) is 0 Å². The van der Waals surface area contributed by atoms with Crippen LogP contribution in [0.2, 0.25) is 0 Å². The summed E-state index contributed by atoms with van der Waals surface area (Å²) >= 11 is 0. The van der Waals surface area contributed by atoms with E-state index in [2.05, 4.69) is 53.8 Å². The van der Waals surface area contributed by atoms with Gasteiger partial charge in [0.25, 0.3) is 0 Å². The third-order valence-corrected chi connectivity index (χ3v) is 6.12. The number of fused-ring (bicyclic) bond motifs is 4. The van der Waals surface area contributed by atoms with Crippen molar-refractivity contribution in [2.45, 2.75) is 12.6 Å². The fraction of sp³-hybridized carbons (Fsp3) is 0.111. The number of hydrogen-bond donors (Lipinski definition) is 2. The first-order valence-corrected chi connectivity index (χ1v) is 10.4. The van der Waals surface area contributed by atoms with E-state index in [1.165, 1.54) is 22.3 Å². The van der Waals surface area contributed by atoms with Gasteiger partial charge in [-0.2, -0.15) is 0 Å². The number of aromatic hydroxyl groups is 1. The fourth-order valence-corrected chi connectivity index (χ4v) is 4.57. The Bertz CT molecular complexity index is 1250. The standard InChI is InChI=1S/C27H21NO3/c29-24-11-9-17(18-10-12-25-26(14-18)31-16-30-25)13-19(24)15-28-27-22-7-3-1-5-20(22)21-6-2-4-8-23(21)27/h1-14,27-29H,15-16H2. The third kappa shape index (κ3) is 3.04. The molecule has 0 bridgehead atoms. The molecule has 1 aliphatic heterocycles. The zero-order chi connectivity index (χ0) is 20.8. The van der Waals surface area contributed by atoms with E-state index >= 15 is 0 Å². The molecule has 0 fully saturated rings. The van der Waals surface area contributed by atoms with Crippen LogP contribution >= 0.6 is 0 Å². The van der Waals surface area contributed by atoms with Crippen molar-refractivity contribution in [1.82, 2.24) is 5.32 Å². The van der Waals surface area contributed by atoms with E-state index < -0.39 is 0 Å². The summed E-state index contributed by atoms with van der Waals surface area (Å²) in [7, 11) is 0. The van der Waals surface area contributed by atoms with Crippen LogP contribution in [0, 0.1) is 0 Å². The van der Waals surface area contributed by atoms with Crippen molar-refractivity contribution in [2.75, 3.05) is 6.79 Å². The molecule has 4 aromatic rings. The molecule has 1 heterocycles. The normalized spacial score (nSPS) is 13.8. The van der Waals surface area contributed by atoms with Gasteiger partial charge in [0.05, 0.1) is 6.04 Å². The number of ether oxygens (including phenoxy) is 2. The van der Waals surface area contributed by atoms with Crippen LogP contribution in [0.15, 0.2) is 84.9 Å². The topological polar surface area (TPSA) is 50.7 Å². The van der Waals surface area contributed by atoms with E-state index in [4.69, 9.17) is 9.47 Å². The van der Waals surface area contributed by atoms with Gasteiger partial charge in [0.1, 0.15) is 5.75 Å². The minimum atomic E-state index is 0.0981. The summed E-state index contributed by atoms with van der Waals surface area (Å²) in [4.78, 5) is 0. The average molecular weight is 407 g/mol. The Hall–Kier alpha value is -3.76. The van der Waals surface area contributed by atoms with Crippen molar-refractivity contribution >= 4 is 0 Å². The van der Waals surface area contributed by atoms with E-state index in [1.54, 1.807) is 6.07 Å². The van der Waals surface area contributed by atoms with Crippen LogP contribution in [-0.4, -0.2) is 11.9 Å². The molecular weight excluding hydrogens is 386 g/mol. The Morgan fingerprint density at radius 2 is 1.39 bits per heavy atom. The van der Waals surface area contributed by atoms with E-state index in [0.717, 1.165) is 28.2 Å². The zero-order valence-corrected chi connectivity index (χ0v) is 16.8. The highest BCUT2D eigenvalue weighted by Crippen LogP contribution is 2.43. The summed E-state index contributed by atoms with van der Waals surface area (Å²) < 4.78 is 10.9. The quantitative estimate of drug-likeness (QED) is 0.459. The first-order chi connectivity index (χ1) is 15.3. The molecule has 0 saturated heterocycles. The summed E-state index contributed by atoms with van der Waals surface area (Å²) in [6, 6.07) is 28.8. The van der Waals surface area contributed by atoms with Gasteiger partial charge >= 0.3 is 0 Å². The minimum absolute atomic E-state index is 0.0981. The monoisotopic (exact) mass is 407 g/mol. The van der Waals surface area contributed by atoms with Gasteiger partial charge in [-0.15, -0.1) is 0 Å². The predicted octanol–water partition coefficient (Wildman–Crippen LogP) is 5.65. The number of nitrogens with one attached hydrogen (secondary N) is 1. The molecule has 4 aromatic carbocycles. The molecule has 0 amide bonds. The maximum Gasteiger partial charge on any atom is 0.231 e. The summed E-state index contributed by atoms with van der Waals surface area (Å²) in [5.41, 5.74) is 8.01. The fourth-order valence-electron chi connectivity index (χ4n) is 4.57. The van der Waals surface area contributed by atoms with Gasteiger partial charge in [-0.1, -0.05) is 60.7 Å². The van der Waals surface area contributed by atoms with Crippen LogP contribution < -0.4 is 14.8 Å². The molecule has 6 rings (SSSR count). The molecule has 0 aromatic heterocycles. The summed E-state index contributed by atoms with van der Waals surface area (Å²) in [6.07, 6.45) is 0. The second-order valence-electron chi connectivity index (χ2n) is 7.90. The first-order valence-electron chi connectivity index (χ1n) is 10.4. The highest BCUT2D eigenvalue weighted by atomic mass is 16.7. The molecule has 1 aliphatic carbocycles. The number of phenolic OH excluding ortho intramolecular Hbond substituents is 1. The summed E-state index contributed by atoms with van der Waals surface area (Å²) in [5, 5.41) is 14.2. The number of phenols is 1. The Morgan fingerprint density at radius 1 is 0.742 bits per heavy atom. The molecule has 2 N–H and O–H groups in total. The summed E-state index contributed by atoms with van der Waals surface area (Å²) in [5.74, 6) is 1.81. The van der Waals surface area contributed by atoms with E-state index in [-0.39, 0.29) is 18.6 Å². The predicted molar refractivity (Wildman–Crippen MR) is 120 cm³/mol. The van der Waals surface area contributed by atoms with Crippen molar-refractivity contribution in [3.8, 4) is 39.5 Å². The molecule has 0 atom stereocenters. The Morgan fingerprint density at radius 3 is 2.16 bits per heavy atom. The van der Waals surface area contributed by atoms with E-state index in [9.17, 15) is 5.11 Å². The number of rotatable bonds is 4. The number of benzene rings is 4. The molecule has 4 nitrogen and oxygen atoms in total. The smallest absolute Gasteiger partial charge is 0.231 e. The van der Waals surface area contributed by atoms with Gasteiger partial charge in [0.15, 0.2) is 11.5 Å². The van der Waals surface area contributed by atoms with Crippen molar-refractivity contribution in [1.29, 1.82) is 0 Å². The van der Waals surface area contributed by atoms with Crippen LogP contribution in [0.25, 0.3) is 22.3 Å². The SMILES string of the molecule is Oc1ccc(-c2ccc3c(c2)OCO3)cc1CNC1c2ccccc2-c2ccccc21. The van der Waals surface area contributed by atoms with Crippen molar-refractivity contribution in [2.24, 2.45) is 0 Å². The van der Waals surface area contributed by atoms with Gasteiger partial charge in [0.2, 0.25) is 6.79 Å². The molecule has 2 aliphatic rings. The average Bonchev–Trinajstić information content (AvgIpc) is 3.41. The Labute approximate surface area is 180 Å². The van der Waals surface area contributed by atoms with Gasteiger partial charge in [0, 0.05) is 12.1 Å². The lowest BCUT2D eigenvalue weighted by molar-refractivity contribution is 0.174. The molecule has 0 radical (unpaired) electrons. The Balaban J connectivity index is 1.30. The highest BCUT2D eigenvalue weighted by molar-refractivity contribution is 5.78. The molecule has 0 saturated carbocycles. The lowest BCUT2D eigenvalue weighted by Gasteiger charge is -2.17. The van der Waals surface area contributed by atoms with Crippen molar-refractivity contribution in [3.63, 3.8) is 0 Å². The van der Waals surface area contributed by atoms with Crippen LogP contribution in [0.3, 0.4) is 0 Å². The third-order valence-electron chi connectivity index (χ3n) is 6.12. The number of hydrogen-bond acceptors (Lipinski definition) is 4. The van der Waals surface area contributed by atoms with Crippen LogP contribution in [0.1, 0.15) is 22.7 Å². The Kier molecular flexibility index (Phi) is 4.18. The van der Waals surface area contributed by atoms with Crippen molar-refractivity contribution < 1.29 is 14.6 Å². The maximum atomic E-state index is 10.5. The van der Waals surface area contributed by atoms with Crippen molar-refractivity contribution in [3.05, 3.63) is 102 Å². The van der Waals surface area contributed by atoms with Gasteiger partial charge in [-0.3, -0.25) is 0 Å². The molecular formula is C27H21NO3. The summed E-state index contributed by atoms with van der Waals surface area (Å²) in [6.45, 7) is 0.811. The second-order valence-corrected chi connectivity index (χ2v) is 7.90. The molecule has 31 heavy (non-hydrogen) atoms. The van der Waals surface area contributed by atoms with E-state index in [1.807, 2.05) is 30.3 Å². The van der Waals surface area contributed by atoms with Crippen LogP contribution in [-0.2, 0) is 6.54 Å². The maximum absolute atomic E-state index is 10.5. The van der Waals surface area contributed by atoms with Gasteiger partial charge < -0.3 is 19.9 Å². The van der Waals surface area contributed by atoms with Crippen LogP contribution in [0.5, 0.6) is 17.2 Å². The molecule has 152 valence electrons. The van der Waals surface area contributed by atoms with E-state index in [0.29, 0.717) is 6.54 Å². The zero-order valence-electron chi connectivity index (χ0n) is 16.8. The first kappa shape index (κ1) is 18.0. The largest absolute Gasteiger partial charge is 0.508 e. The highest BCUT2D eigenvalue weighted by Gasteiger charge is 2.27. The van der Waals surface area contributed by atoms with Gasteiger partial charge in [-0.05, 0) is 57.6 Å². The second kappa shape index (κ2) is 7.18. The molecule has 0 unspecified atom stereocenters. The molecule has 4 heteroatoms. The molecule has 0 spiro atoms. The minimum Gasteiger partial charge on any atom is -0.508 e.